The van der Waals surface area contributed by atoms with Crippen molar-refractivity contribution in [2.75, 3.05) is 31.1 Å². The predicted octanol–water partition coefficient (Wildman–Crippen LogP) is 0.165. The van der Waals surface area contributed by atoms with Crippen LogP contribution >= 0.6 is 0 Å². The second-order valence-electron chi connectivity index (χ2n) is 6.66. The van der Waals surface area contributed by atoms with E-state index in [4.69, 9.17) is 0 Å². The molecule has 0 N–H and O–H groups in total. The summed E-state index contributed by atoms with van der Waals surface area (Å²) < 4.78 is 26.2. The standard InChI is InChI=1S/C16H26N4O3S/c1-3-6-18-8-9-20(14-12-24(22,23)11-13(14)18)16(21)10-19-7-5-17-15(19)4-2/h5,7,13-14H,3-4,6,8-12H2,1-2H3/t13-,14+/m1/s1. The Hall–Kier alpha value is -1.41. The number of imidazole rings is 1. The molecule has 0 saturated carbocycles. The van der Waals surface area contributed by atoms with Crippen LogP contribution < -0.4 is 0 Å². The van der Waals surface area contributed by atoms with Crippen LogP contribution in [0.25, 0.3) is 0 Å². The van der Waals surface area contributed by atoms with Crippen LogP contribution in [0.1, 0.15) is 26.1 Å². The molecule has 0 radical (unpaired) electrons. The quantitative estimate of drug-likeness (QED) is 0.753. The molecule has 0 aliphatic carbocycles. The molecule has 2 aliphatic heterocycles. The van der Waals surface area contributed by atoms with Gasteiger partial charge in [0.15, 0.2) is 9.84 Å². The molecule has 2 fully saturated rings. The molecule has 0 spiro atoms. The fourth-order valence-corrected chi connectivity index (χ4v) is 5.95. The summed E-state index contributed by atoms with van der Waals surface area (Å²) >= 11 is 0. The van der Waals surface area contributed by atoms with Crippen molar-refractivity contribution in [1.29, 1.82) is 0 Å². The molecule has 8 heteroatoms. The van der Waals surface area contributed by atoms with E-state index in [9.17, 15) is 13.2 Å². The summed E-state index contributed by atoms with van der Waals surface area (Å²) in [5.74, 6) is 1.13. The van der Waals surface area contributed by atoms with Gasteiger partial charge in [0.05, 0.1) is 17.5 Å². The van der Waals surface area contributed by atoms with Crippen molar-refractivity contribution in [1.82, 2.24) is 19.4 Å². The van der Waals surface area contributed by atoms with Crippen LogP contribution in [0.15, 0.2) is 12.4 Å². The molecule has 134 valence electrons. The number of hydrogen-bond donors (Lipinski definition) is 0. The van der Waals surface area contributed by atoms with Gasteiger partial charge in [-0.1, -0.05) is 13.8 Å². The highest BCUT2D eigenvalue weighted by molar-refractivity contribution is 7.91. The molecule has 1 amide bonds. The summed E-state index contributed by atoms with van der Waals surface area (Å²) in [7, 11) is -3.08. The molecule has 3 rings (SSSR count). The summed E-state index contributed by atoms with van der Waals surface area (Å²) in [4.78, 5) is 21.1. The molecule has 2 saturated heterocycles. The van der Waals surface area contributed by atoms with Gasteiger partial charge in [-0.3, -0.25) is 9.69 Å². The first-order chi connectivity index (χ1) is 11.4. The van der Waals surface area contributed by atoms with E-state index >= 15 is 0 Å². The van der Waals surface area contributed by atoms with Crippen LogP contribution in [0.4, 0.5) is 0 Å². The first-order valence-corrected chi connectivity index (χ1v) is 10.5. The first kappa shape index (κ1) is 17.4. The Morgan fingerprint density at radius 1 is 1.25 bits per heavy atom. The molecule has 3 heterocycles. The Morgan fingerprint density at radius 3 is 2.71 bits per heavy atom. The van der Waals surface area contributed by atoms with Crippen LogP contribution in [-0.2, 0) is 27.6 Å². The molecular weight excluding hydrogens is 328 g/mol. The number of carbonyl (C=O) groups is 1. The van der Waals surface area contributed by atoms with Crippen LogP contribution in [-0.4, -0.2) is 76.9 Å². The van der Waals surface area contributed by atoms with Crippen molar-refractivity contribution in [2.24, 2.45) is 0 Å². The van der Waals surface area contributed by atoms with Crippen LogP contribution in [0.3, 0.4) is 0 Å². The normalized spacial score (nSPS) is 26.5. The molecule has 0 unspecified atom stereocenters. The Bertz CT molecular complexity index is 700. The molecule has 7 nitrogen and oxygen atoms in total. The van der Waals surface area contributed by atoms with E-state index in [0.717, 1.165) is 31.8 Å². The summed E-state index contributed by atoms with van der Waals surface area (Å²) in [5, 5.41) is 0. The van der Waals surface area contributed by atoms with Crippen molar-refractivity contribution >= 4 is 15.7 Å². The van der Waals surface area contributed by atoms with Gasteiger partial charge >= 0.3 is 0 Å². The monoisotopic (exact) mass is 354 g/mol. The average molecular weight is 354 g/mol. The van der Waals surface area contributed by atoms with E-state index in [1.165, 1.54) is 0 Å². The van der Waals surface area contributed by atoms with Gasteiger partial charge in [0.1, 0.15) is 12.4 Å². The largest absolute Gasteiger partial charge is 0.334 e. The number of carbonyl (C=O) groups excluding carboxylic acids is 1. The Labute approximate surface area is 143 Å². The molecule has 2 aliphatic rings. The topological polar surface area (TPSA) is 75.5 Å². The third-order valence-corrected chi connectivity index (χ3v) is 6.74. The minimum absolute atomic E-state index is 0.00838. The minimum atomic E-state index is -3.08. The zero-order valence-corrected chi connectivity index (χ0v) is 15.2. The Morgan fingerprint density at radius 2 is 2.00 bits per heavy atom. The van der Waals surface area contributed by atoms with Gasteiger partial charge in [-0.25, -0.2) is 13.4 Å². The number of sulfone groups is 1. The number of nitrogens with zero attached hydrogens (tertiary/aromatic N) is 4. The van der Waals surface area contributed by atoms with Crippen LogP contribution in [0.5, 0.6) is 0 Å². The third kappa shape index (κ3) is 3.35. The molecule has 0 bridgehead atoms. The van der Waals surface area contributed by atoms with Gasteiger partial charge < -0.3 is 9.47 Å². The third-order valence-electron chi connectivity index (χ3n) is 5.05. The number of rotatable bonds is 5. The number of amides is 1. The number of aryl methyl sites for hydroxylation is 1. The molecule has 2 atom stereocenters. The molecule has 24 heavy (non-hydrogen) atoms. The van der Waals surface area contributed by atoms with E-state index in [-0.39, 0.29) is 36.0 Å². The maximum absolute atomic E-state index is 12.8. The van der Waals surface area contributed by atoms with Crippen molar-refractivity contribution in [2.45, 2.75) is 45.3 Å². The van der Waals surface area contributed by atoms with Crippen LogP contribution in [0, 0.1) is 0 Å². The lowest BCUT2D eigenvalue weighted by atomic mass is 10.0. The van der Waals surface area contributed by atoms with Gasteiger partial charge in [0.2, 0.25) is 5.91 Å². The van der Waals surface area contributed by atoms with E-state index in [2.05, 4.69) is 16.8 Å². The van der Waals surface area contributed by atoms with Gasteiger partial charge in [-0.2, -0.15) is 0 Å². The van der Waals surface area contributed by atoms with E-state index in [1.807, 2.05) is 17.7 Å². The minimum Gasteiger partial charge on any atom is -0.334 e. The SMILES string of the molecule is CCCN1CCN(C(=O)Cn2ccnc2CC)[C@H]2CS(=O)(=O)C[C@H]21. The Kier molecular flexibility index (Phi) is 4.96. The zero-order valence-electron chi connectivity index (χ0n) is 14.4. The molecule has 1 aromatic heterocycles. The summed E-state index contributed by atoms with van der Waals surface area (Å²) in [6, 6.07) is -0.266. The fraction of sp³-hybridized carbons (Fsp3) is 0.750. The molecule has 0 aromatic carbocycles. The van der Waals surface area contributed by atoms with Crippen molar-refractivity contribution < 1.29 is 13.2 Å². The number of fused-ring (bicyclic) bond motifs is 1. The lowest BCUT2D eigenvalue weighted by Gasteiger charge is -2.44. The predicted molar refractivity (Wildman–Crippen MR) is 91.4 cm³/mol. The highest BCUT2D eigenvalue weighted by Gasteiger charge is 2.47. The second kappa shape index (κ2) is 6.84. The average Bonchev–Trinajstić information content (AvgIpc) is 3.10. The second-order valence-corrected chi connectivity index (χ2v) is 8.81. The summed E-state index contributed by atoms with van der Waals surface area (Å²) in [6.07, 6.45) is 5.28. The fourth-order valence-electron chi connectivity index (χ4n) is 3.93. The van der Waals surface area contributed by atoms with Crippen molar-refractivity contribution in [3.63, 3.8) is 0 Å². The molecular formula is C16H26N4O3S. The van der Waals surface area contributed by atoms with Gasteiger partial charge in [-0.15, -0.1) is 0 Å². The highest BCUT2D eigenvalue weighted by atomic mass is 32.2. The van der Waals surface area contributed by atoms with Gasteiger partial charge in [-0.05, 0) is 13.0 Å². The van der Waals surface area contributed by atoms with Crippen molar-refractivity contribution in [3.05, 3.63) is 18.2 Å². The van der Waals surface area contributed by atoms with E-state index in [0.29, 0.717) is 6.54 Å². The summed E-state index contributed by atoms with van der Waals surface area (Å²) in [6.45, 7) is 6.58. The maximum atomic E-state index is 12.8. The molecule has 1 aromatic rings. The lowest BCUT2D eigenvalue weighted by Crippen LogP contribution is -2.61. The maximum Gasteiger partial charge on any atom is 0.242 e. The zero-order chi connectivity index (χ0) is 17.3. The highest BCUT2D eigenvalue weighted by Crippen LogP contribution is 2.27. The summed E-state index contributed by atoms with van der Waals surface area (Å²) in [5.41, 5.74) is 0. The Balaban J connectivity index is 1.77. The lowest BCUT2D eigenvalue weighted by molar-refractivity contribution is -0.137. The number of hydrogen-bond acceptors (Lipinski definition) is 5. The van der Waals surface area contributed by atoms with E-state index < -0.39 is 9.84 Å². The van der Waals surface area contributed by atoms with Gasteiger partial charge in [0, 0.05) is 37.9 Å². The van der Waals surface area contributed by atoms with Crippen molar-refractivity contribution in [3.8, 4) is 0 Å². The number of aromatic nitrogens is 2. The van der Waals surface area contributed by atoms with E-state index in [1.54, 1.807) is 11.1 Å². The number of piperazine rings is 1. The first-order valence-electron chi connectivity index (χ1n) is 8.69. The van der Waals surface area contributed by atoms with Crippen LogP contribution in [0.2, 0.25) is 0 Å². The van der Waals surface area contributed by atoms with Gasteiger partial charge in [0.25, 0.3) is 0 Å². The smallest absolute Gasteiger partial charge is 0.242 e.